The van der Waals surface area contributed by atoms with Gasteiger partial charge in [-0.15, -0.1) is 0 Å². The zero-order valence-electron chi connectivity index (χ0n) is 13.7. The van der Waals surface area contributed by atoms with Gasteiger partial charge in [0.15, 0.2) is 6.61 Å². The molecule has 0 aromatic heterocycles. The molecule has 4 bridgehead atoms. The molecule has 1 atom stereocenters. The Labute approximate surface area is 144 Å². The fourth-order valence-corrected chi connectivity index (χ4v) is 6.98. The van der Waals surface area contributed by atoms with Crippen LogP contribution in [0.3, 0.4) is 0 Å². The lowest BCUT2D eigenvalue weighted by Crippen LogP contribution is -2.54. The molecular weight excluding hydrogens is 324 g/mol. The highest BCUT2D eigenvalue weighted by Crippen LogP contribution is 2.57. The van der Waals surface area contributed by atoms with E-state index in [1.807, 2.05) is 12.1 Å². The Bertz CT molecular complexity index is 623. The van der Waals surface area contributed by atoms with E-state index < -0.39 is 16.9 Å². The quantitative estimate of drug-likeness (QED) is 0.829. The standard InChI is InChI=1S/C18H24N2O3S/c19-17(21)11-23-16-3-1-15(2-4-16)20-24(22)18-8-12-5-13(9-18)7-14(6-12)10-18/h1-4,12-14,20H,5-11H2,(H2,19,21)/t12?,13?,14?,18?,24-/m0/s1. The Morgan fingerprint density at radius 1 is 1.12 bits per heavy atom. The van der Waals surface area contributed by atoms with Crippen molar-refractivity contribution >= 4 is 22.6 Å². The zero-order valence-corrected chi connectivity index (χ0v) is 14.5. The van der Waals surface area contributed by atoms with E-state index in [9.17, 15) is 9.00 Å². The molecule has 1 amide bonds. The van der Waals surface area contributed by atoms with Crippen molar-refractivity contribution in [1.29, 1.82) is 0 Å². The summed E-state index contributed by atoms with van der Waals surface area (Å²) in [4.78, 5) is 10.7. The van der Waals surface area contributed by atoms with Gasteiger partial charge in [0.1, 0.15) is 16.7 Å². The Morgan fingerprint density at radius 2 is 1.67 bits per heavy atom. The largest absolute Gasteiger partial charge is 0.484 e. The van der Waals surface area contributed by atoms with Gasteiger partial charge in [-0.1, -0.05) is 0 Å². The molecule has 4 fully saturated rings. The second kappa shape index (κ2) is 6.06. The van der Waals surface area contributed by atoms with Crippen molar-refractivity contribution in [3.63, 3.8) is 0 Å². The molecule has 4 aliphatic carbocycles. The van der Waals surface area contributed by atoms with Gasteiger partial charge in [-0.25, -0.2) is 4.21 Å². The van der Waals surface area contributed by atoms with E-state index >= 15 is 0 Å². The molecule has 0 saturated heterocycles. The van der Waals surface area contributed by atoms with E-state index in [0.717, 1.165) is 42.7 Å². The van der Waals surface area contributed by atoms with Crippen LogP contribution in [0, 0.1) is 17.8 Å². The number of nitrogens with one attached hydrogen (secondary N) is 1. The second-order valence-electron chi connectivity index (χ2n) is 7.75. The SMILES string of the molecule is NC(=O)COc1ccc(N[S@@](=O)C23CC4CC(CC(C4)C2)C3)cc1. The van der Waals surface area contributed by atoms with Crippen molar-refractivity contribution < 1.29 is 13.7 Å². The lowest BCUT2D eigenvalue weighted by molar-refractivity contribution is -0.119. The number of anilines is 1. The molecule has 1 aromatic carbocycles. The van der Waals surface area contributed by atoms with Crippen molar-refractivity contribution in [3.05, 3.63) is 24.3 Å². The molecule has 5 rings (SSSR count). The second-order valence-corrected chi connectivity index (χ2v) is 9.36. The first-order chi connectivity index (χ1) is 11.5. The number of rotatable bonds is 6. The molecule has 0 heterocycles. The third-order valence-electron chi connectivity index (χ3n) is 5.82. The molecule has 3 N–H and O–H groups in total. The van der Waals surface area contributed by atoms with Gasteiger partial charge in [-0.3, -0.25) is 4.79 Å². The number of primary amides is 1. The molecule has 0 radical (unpaired) electrons. The summed E-state index contributed by atoms with van der Waals surface area (Å²) in [5, 5.41) is 0. The van der Waals surface area contributed by atoms with Crippen LogP contribution in [-0.2, 0) is 15.8 Å². The van der Waals surface area contributed by atoms with Gasteiger partial charge in [0.25, 0.3) is 5.91 Å². The third kappa shape index (κ3) is 3.04. The average molecular weight is 348 g/mol. The number of benzene rings is 1. The minimum absolute atomic E-state index is 0.0319. The summed E-state index contributed by atoms with van der Waals surface area (Å²) in [7, 11) is -1.06. The zero-order chi connectivity index (χ0) is 16.7. The maximum Gasteiger partial charge on any atom is 0.255 e. The first-order valence-corrected chi connectivity index (χ1v) is 9.87. The molecule has 0 aliphatic heterocycles. The van der Waals surface area contributed by atoms with Gasteiger partial charge in [0.05, 0.1) is 4.75 Å². The van der Waals surface area contributed by atoms with Gasteiger partial charge < -0.3 is 15.2 Å². The van der Waals surface area contributed by atoms with Crippen LogP contribution in [0.1, 0.15) is 38.5 Å². The maximum atomic E-state index is 13.1. The maximum absolute atomic E-state index is 13.1. The van der Waals surface area contributed by atoms with Crippen LogP contribution in [0.4, 0.5) is 5.69 Å². The molecule has 5 nitrogen and oxygen atoms in total. The number of carbonyl (C=O) groups excluding carboxylic acids is 1. The molecule has 6 heteroatoms. The smallest absolute Gasteiger partial charge is 0.255 e. The summed E-state index contributed by atoms with van der Waals surface area (Å²) in [6.07, 6.45) is 7.38. The first kappa shape index (κ1) is 15.9. The lowest BCUT2D eigenvalue weighted by Gasteiger charge is -2.55. The van der Waals surface area contributed by atoms with Crippen molar-refractivity contribution in [3.8, 4) is 5.75 Å². The summed E-state index contributed by atoms with van der Waals surface area (Å²) < 4.78 is 21.5. The molecule has 4 aliphatic rings. The Balaban J connectivity index is 1.42. The fourth-order valence-electron chi connectivity index (χ4n) is 5.25. The van der Waals surface area contributed by atoms with Crippen molar-refractivity contribution in [2.24, 2.45) is 23.5 Å². The van der Waals surface area contributed by atoms with Gasteiger partial charge in [0, 0.05) is 5.69 Å². The number of hydrogen-bond acceptors (Lipinski definition) is 3. The third-order valence-corrected chi connectivity index (χ3v) is 7.53. The Hall–Kier alpha value is -1.56. The van der Waals surface area contributed by atoms with Crippen LogP contribution in [0.2, 0.25) is 0 Å². The monoisotopic (exact) mass is 348 g/mol. The van der Waals surface area contributed by atoms with Crippen LogP contribution < -0.4 is 15.2 Å². The van der Waals surface area contributed by atoms with E-state index in [1.54, 1.807) is 12.1 Å². The minimum Gasteiger partial charge on any atom is -0.484 e. The van der Waals surface area contributed by atoms with Crippen LogP contribution in [0.25, 0.3) is 0 Å². The molecule has 0 unspecified atom stereocenters. The predicted octanol–water partition coefficient (Wildman–Crippen LogP) is 2.60. The van der Waals surface area contributed by atoms with Gasteiger partial charge in [-0.05, 0) is 80.5 Å². The number of nitrogens with two attached hydrogens (primary N) is 1. The number of hydrogen-bond donors (Lipinski definition) is 2. The number of carbonyl (C=O) groups is 1. The van der Waals surface area contributed by atoms with E-state index in [4.69, 9.17) is 10.5 Å². The summed E-state index contributed by atoms with van der Waals surface area (Å²) in [6, 6.07) is 7.22. The molecular formula is C18H24N2O3S. The number of amides is 1. The summed E-state index contributed by atoms with van der Waals surface area (Å²) in [5.74, 6) is 2.43. The predicted molar refractivity (Wildman–Crippen MR) is 93.8 cm³/mol. The summed E-state index contributed by atoms with van der Waals surface area (Å²) >= 11 is 0. The highest BCUT2D eigenvalue weighted by molar-refractivity contribution is 7.87. The number of ether oxygens (including phenoxy) is 1. The topological polar surface area (TPSA) is 81.4 Å². The molecule has 1 aromatic rings. The van der Waals surface area contributed by atoms with Gasteiger partial charge in [-0.2, -0.15) is 0 Å². The van der Waals surface area contributed by atoms with E-state index in [1.165, 1.54) is 19.3 Å². The Kier molecular flexibility index (Phi) is 4.03. The molecule has 24 heavy (non-hydrogen) atoms. The van der Waals surface area contributed by atoms with E-state index in [0.29, 0.717) is 5.75 Å². The normalized spacial score (nSPS) is 34.8. The highest BCUT2D eigenvalue weighted by atomic mass is 32.2. The van der Waals surface area contributed by atoms with Crippen LogP contribution in [-0.4, -0.2) is 21.5 Å². The van der Waals surface area contributed by atoms with Gasteiger partial charge >= 0.3 is 0 Å². The van der Waals surface area contributed by atoms with Crippen molar-refractivity contribution in [1.82, 2.24) is 0 Å². The van der Waals surface area contributed by atoms with Crippen LogP contribution >= 0.6 is 0 Å². The fraction of sp³-hybridized carbons (Fsp3) is 0.611. The molecule has 4 saturated carbocycles. The highest BCUT2D eigenvalue weighted by Gasteiger charge is 2.54. The van der Waals surface area contributed by atoms with Gasteiger partial charge in [0.2, 0.25) is 0 Å². The minimum atomic E-state index is -1.06. The van der Waals surface area contributed by atoms with Crippen LogP contribution in [0.15, 0.2) is 24.3 Å². The summed E-state index contributed by atoms with van der Waals surface area (Å²) in [5.41, 5.74) is 5.89. The van der Waals surface area contributed by atoms with E-state index in [-0.39, 0.29) is 11.4 Å². The first-order valence-electron chi connectivity index (χ1n) is 8.72. The average Bonchev–Trinajstić information content (AvgIpc) is 2.53. The molecule has 0 spiro atoms. The van der Waals surface area contributed by atoms with E-state index in [2.05, 4.69) is 4.72 Å². The molecule has 130 valence electrons. The summed E-state index contributed by atoms with van der Waals surface area (Å²) in [6.45, 7) is -0.133. The van der Waals surface area contributed by atoms with Crippen molar-refractivity contribution in [2.45, 2.75) is 43.3 Å². The van der Waals surface area contributed by atoms with Crippen molar-refractivity contribution in [2.75, 3.05) is 11.3 Å². The van der Waals surface area contributed by atoms with Crippen LogP contribution in [0.5, 0.6) is 5.75 Å². The Morgan fingerprint density at radius 3 is 2.17 bits per heavy atom. The lowest BCUT2D eigenvalue weighted by atomic mass is 9.56.